The van der Waals surface area contributed by atoms with E-state index < -0.39 is 6.10 Å². The van der Waals surface area contributed by atoms with Crippen molar-refractivity contribution in [1.82, 2.24) is 0 Å². The lowest BCUT2D eigenvalue weighted by Crippen LogP contribution is -2.09. The first-order valence-electron chi connectivity index (χ1n) is 6.98. The Bertz CT molecular complexity index is 636. The normalized spacial score (nSPS) is 14.3. The van der Waals surface area contributed by atoms with Gasteiger partial charge in [-0.2, -0.15) is 0 Å². The molecule has 2 aromatic rings. The number of aliphatic hydroxyl groups is 1. The van der Waals surface area contributed by atoms with E-state index in [0.717, 1.165) is 11.1 Å². The van der Waals surface area contributed by atoms with Gasteiger partial charge in [0.25, 0.3) is 0 Å². The van der Waals surface area contributed by atoms with E-state index in [2.05, 4.69) is 0 Å². The monoisotopic (exact) mass is 286 g/mol. The van der Waals surface area contributed by atoms with Crippen molar-refractivity contribution in [2.24, 2.45) is 0 Å². The van der Waals surface area contributed by atoms with Crippen molar-refractivity contribution in [3.63, 3.8) is 0 Å². The van der Waals surface area contributed by atoms with Crippen LogP contribution in [0.1, 0.15) is 31.1 Å². The number of aliphatic hydroxyl groups excluding tert-OH is 1. The molecule has 1 aliphatic rings. The highest BCUT2D eigenvalue weighted by Gasteiger charge is 2.20. The lowest BCUT2D eigenvalue weighted by Gasteiger charge is -2.18. The maximum Gasteiger partial charge on any atom is 0.231 e. The summed E-state index contributed by atoms with van der Waals surface area (Å²) in [7, 11) is 0. The predicted octanol–water partition coefficient (Wildman–Crippen LogP) is 3.28. The molecule has 1 atom stereocenters. The van der Waals surface area contributed by atoms with Crippen LogP contribution in [-0.4, -0.2) is 18.0 Å². The number of benzene rings is 2. The molecule has 1 N–H and O–H groups in total. The standard InChI is InChI=1S/C17H18O4/c1-11(2)21-14-6-4-3-5-13(14)17(18)12-7-8-15-16(9-12)20-10-19-15/h3-9,11,17-18H,10H2,1-2H3. The van der Waals surface area contributed by atoms with E-state index in [4.69, 9.17) is 14.2 Å². The van der Waals surface area contributed by atoms with Crippen molar-refractivity contribution in [2.45, 2.75) is 26.1 Å². The molecule has 21 heavy (non-hydrogen) atoms. The van der Waals surface area contributed by atoms with E-state index in [1.54, 1.807) is 6.07 Å². The molecular formula is C17H18O4. The molecule has 0 saturated carbocycles. The van der Waals surface area contributed by atoms with Gasteiger partial charge in [0.05, 0.1) is 6.10 Å². The third-order valence-electron chi connectivity index (χ3n) is 3.29. The Balaban J connectivity index is 1.93. The van der Waals surface area contributed by atoms with Crippen molar-refractivity contribution in [3.05, 3.63) is 53.6 Å². The molecule has 0 radical (unpaired) electrons. The lowest BCUT2D eigenvalue weighted by atomic mass is 10.00. The van der Waals surface area contributed by atoms with E-state index in [0.29, 0.717) is 17.2 Å². The van der Waals surface area contributed by atoms with Crippen LogP contribution >= 0.6 is 0 Å². The fourth-order valence-corrected chi connectivity index (χ4v) is 2.33. The van der Waals surface area contributed by atoms with Gasteiger partial charge in [0.2, 0.25) is 6.79 Å². The summed E-state index contributed by atoms with van der Waals surface area (Å²) < 4.78 is 16.4. The molecule has 0 aromatic heterocycles. The molecular weight excluding hydrogens is 268 g/mol. The average Bonchev–Trinajstić information content (AvgIpc) is 2.94. The molecule has 1 heterocycles. The molecule has 1 aliphatic heterocycles. The predicted molar refractivity (Wildman–Crippen MR) is 78.8 cm³/mol. The summed E-state index contributed by atoms with van der Waals surface area (Å²) in [5.74, 6) is 2.06. The molecule has 0 fully saturated rings. The zero-order valence-electron chi connectivity index (χ0n) is 12.1. The van der Waals surface area contributed by atoms with Gasteiger partial charge in [-0.3, -0.25) is 0 Å². The fraction of sp³-hybridized carbons (Fsp3) is 0.294. The number of fused-ring (bicyclic) bond motifs is 1. The molecule has 0 bridgehead atoms. The van der Waals surface area contributed by atoms with Crippen LogP contribution in [0.2, 0.25) is 0 Å². The second-order valence-corrected chi connectivity index (χ2v) is 5.22. The van der Waals surface area contributed by atoms with Crippen molar-refractivity contribution >= 4 is 0 Å². The number of hydrogen-bond donors (Lipinski definition) is 1. The van der Waals surface area contributed by atoms with Crippen LogP contribution in [0.4, 0.5) is 0 Å². The highest BCUT2D eigenvalue weighted by atomic mass is 16.7. The topological polar surface area (TPSA) is 47.9 Å². The van der Waals surface area contributed by atoms with Crippen LogP contribution in [0.5, 0.6) is 17.2 Å². The summed E-state index contributed by atoms with van der Waals surface area (Å²) in [4.78, 5) is 0. The van der Waals surface area contributed by atoms with Crippen molar-refractivity contribution in [2.75, 3.05) is 6.79 Å². The van der Waals surface area contributed by atoms with Crippen LogP contribution in [-0.2, 0) is 0 Å². The van der Waals surface area contributed by atoms with Gasteiger partial charge in [0.1, 0.15) is 11.9 Å². The zero-order chi connectivity index (χ0) is 14.8. The number of ether oxygens (including phenoxy) is 3. The molecule has 4 nitrogen and oxygen atoms in total. The molecule has 4 heteroatoms. The minimum atomic E-state index is -0.769. The first-order chi connectivity index (χ1) is 10.1. The molecule has 3 rings (SSSR count). The van der Waals surface area contributed by atoms with E-state index >= 15 is 0 Å². The Hall–Kier alpha value is -2.20. The number of hydrogen-bond acceptors (Lipinski definition) is 4. The first-order valence-corrected chi connectivity index (χ1v) is 6.98. The van der Waals surface area contributed by atoms with Crippen LogP contribution in [0.25, 0.3) is 0 Å². The highest BCUT2D eigenvalue weighted by Crippen LogP contribution is 2.37. The largest absolute Gasteiger partial charge is 0.491 e. The molecule has 0 amide bonds. The van der Waals surface area contributed by atoms with E-state index in [-0.39, 0.29) is 12.9 Å². The third-order valence-corrected chi connectivity index (χ3v) is 3.29. The number of para-hydroxylation sites is 1. The lowest BCUT2D eigenvalue weighted by molar-refractivity contribution is 0.173. The van der Waals surface area contributed by atoms with Crippen molar-refractivity contribution in [1.29, 1.82) is 0 Å². The SMILES string of the molecule is CC(C)Oc1ccccc1C(O)c1ccc2c(c1)OCO2. The third kappa shape index (κ3) is 2.81. The minimum absolute atomic E-state index is 0.0510. The summed E-state index contributed by atoms with van der Waals surface area (Å²) in [5, 5.41) is 10.6. The molecule has 110 valence electrons. The maximum absolute atomic E-state index is 10.6. The minimum Gasteiger partial charge on any atom is -0.491 e. The Labute approximate surface area is 123 Å². The molecule has 0 spiro atoms. The summed E-state index contributed by atoms with van der Waals surface area (Å²) in [6.45, 7) is 4.15. The van der Waals surface area contributed by atoms with Crippen molar-refractivity contribution in [3.8, 4) is 17.2 Å². The first kappa shape index (κ1) is 13.8. The van der Waals surface area contributed by atoms with E-state index in [9.17, 15) is 5.11 Å². The molecule has 2 aromatic carbocycles. The second kappa shape index (κ2) is 5.66. The van der Waals surface area contributed by atoms with Crippen LogP contribution in [0.15, 0.2) is 42.5 Å². The van der Waals surface area contributed by atoms with Gasteiger partial charge in [-0.1, -0.05) is 24.3 Å². The van der Waals surface area contributed by atoms with Crippen LogP contribution < -0.4 is 14.2 Å². The highest BCUT2D eigenvalue weighted by molar-refractivity contribution is 5.48. The van der Waals surface area contributed by atoms with Gasteiger partial charge >= 0.3 is 0 Å². The number of rotatable bonds is 4. The quantitative estimate of drug-likeness (QED) is 0.937. The van der Waals surface area contributed by atoms with Gasteiger partial charge in [0.15, 0.2) is 11.5 Å². The summed E-state index contributed by atoms with van der Waals surface area (Å²) in [6, 6.07) is 13.0. The summed E-state index contributed by atoms with van der Waals surface area (Å²) in [5.41, 5.74) is 1.49. The van der Waals surface area contributed by atoms with E-state index in [1.165, 1.54) is 0 Å². The Kier molecular flexibility index (Phi) is 3.71. The van der Waals surface area contributed by atoms with Crippen molar-refractivity contribution < 1.29 is 19.3 Å². The Morgan fingerprint density at radius 3 is 2.62 bits per heavy atom. The average molecular weight is 286 g/mol. The maximum atomic E-state index is 10.6. The van der Waals surface area contributed by atoms with Gasteiger partial charge in [0, 0.05) is 5.56 Å². The van der Waals surface area contributed by atoms with Gasteiger partial charge in [-0.15, -0.1) is 0 Å². The van der Waals surface area contributed by atoms with E-state index in [1.807, 2.05) is 50.2 Å². The second-order valence-electron chi connectivity index (χ2n) is 5.22. The fourth-order valence-electron chi connectivity index (χ4n) is 2.33. The summed E-state index contributed by atoms with van der Waals surface area (Å²) >= 11 is 0. The Morgan fingerprint density at radius 1 is 1.05 bits per heavy atom. The summed E-state index contributed by atoms with van der Waals surface area (Å²) in [6.07, 6.45) is -0.718. The molecule has 0 aliphatic carbocycles. The van der Waals surface area contributed by atoms with Gasteiger partial charge in [-0.25, -0.2) is 0 Å². The van der Waals surface area contributed by atoms with Gasteiger partial charge in [-0.05, 0) is 37.6 Å². The molecule has 1 unspecified atom stereocenters. The molecule has 0 saturated heterocycles. The Morgan fingerprint density at radius 2 is 1.81 bits per heavy atom. The zero-order valence-corrected chi connectivity index (χ0v) is 12.1. The van der Waals surface area contributed by atoms with Crippen LogP contribution in [0, 0.1) is 0 Å². The van der Waals surface area contributed by atoms with Gasteiger partial charge < -0.3 is 19.3 Å². The smallest absolute Gasteiger partial charge is 0.231 e. The van der Waals surface area contributed by atoms with Crippen LogP contribution in [0.3, 0.4) is 0 Å².